The fraction of sp³-hybridized carbons (Fsp3) is 0.889. The average Bonchev–Trinajstić information content (AvgIpc) is 2.50. The molecule has 0 aliphatic carbocycles. The minimum Gasteiger partial charge on any atom is -0.390 e. The topological polar surface area (TPSA) is 52.6 Å². The van der Waals surface area contributed by atoms with Crippen molar-refractivity contribution in [1.29, 1.82) is 0 Å². The van der Waals surface area contributed by atoms with E-state index in [4.69, 9.17) is 0 Å². The number of nitrogens with one attached hydrogen (secondary N) is 1. The van der Waals surface area contributed by atoms with Gasteiger partial charge >= 0.3 is 0 Å². The lowest BCUT2D eigenvalue weighted by atomic mass is 10.1. The molecule has 0 aromatic rings. The van der Waals surface area contributed by atoms with Gasteiger partial charge in [0.25, 0.3) is 0 Å². The Balaban J connectivity index is 2.45. The minimum absolute atomic E-state index is 0.0425. The predicted octanol–water partition coefficient (Wildman–Crippen LogP) is -0.422. The van der Waals surface area contributed by atoms with Crippen molar-refractivity contribution >= 4 is 5.91 Å². The second kappa shape index (κ2) is 4.58. The van der Waals surface area contributed by atoms with Crippen LogP contribution in [0.2, 0.25) is 0 Å². The summed E-state index contributed by atoms with van der Waals surface area (Å²) >= 11 is 0. The number of aliphatic hydroxyl groups is 1. The molecule has 0 aromatic carbocycles. The third-order valence-electron chi connectivity index (χ3n) is 2.51. The predicted molar refractivity (Wildman–Crippen MR) is 50.3 cm³/mol. The smallest absolute Gasteiger partial charge is 0.222 e. The summed E-state index contributed by atoms with van der Waals surface area (Å²) < 4.78 is 0. The highest BCUT2D eigenvalue weighted by molar-refractivity contribution is 5.76. The van der Waals surface area contributed by atoms with E-state index in [2.05, 4.69) is 5.32 Å². The van der Waals surface area contributed by atoms with E-state index in [1.807, 2.05) is 6.92 Å². The molecule has 1 heterocycles. The van der Waals surface area contributed by atoms with Gasteiger partial charge in [0.15, 0.2) is 0 Å². The van der Waals surface area contributed by atoms with E-state index in [1.54, 1.807) is 11.9 Å². The lowest BCUT2D eigenvalue weighted by Crippen LogP contribution is -2.44. The van der Waals surface area contributed by atoms with E-state index in [9.17, 15) is 9.90 Å². The number of amides is 1. The molecule has 0 spiro atoms. The fourth-order valence-electron chi connectivity index (χ4n) is 1.62. The normalized spacial score (nSPS) is 27.6. The molecule has 1 saturated heterocycles. The second-order valence-corrected chi connectivity index (χ2v) is 3.55. The van der Waals surface area contributed by atoms with Crippen molar-refractivity contribution in [1.82, 2.24) is 10.2 Å². The molecule has 0 unspecified atom stereocenters. The summed E-state index contributed by atoms with van der Waals surface area (Å²) in [4.78, 5) is 13.1. The zero-order valence-electron chi connectivity index (χ0n) is 8.29. The van der Waals surface area contributed by atoms with Gasteiger partial charge in [0, 0.05) is 26.6 Å². The Morgan fingerprint density at radius 1 is 1.62 bits per heavy atom. The van der Waals surface area contributed by atoms with E-state index in [1.165, 1.54) is 0 Å². The third-order valence-corrected chi connectivity index (χ3v) is 2.51. The summed E-state index contributed by atoms with van der Waals surface area (Å²) in [6.07, 6.45) is 1.02. The maximum atomic E-state index is 11.5. The molecule has 1 aliphatic heterocycles. The van der Waals surface area contributed by atoms with Crippen molar-refractivity contribution < 1.29 is 9.90 Å². The van der Waals surface area contributed by atoms with Crippen LogP contribution < -0.4 is 5.32 Å². The zero-order chi connectivity index (χ0) is 9.84. The Morgan fingerprint density at radius 3 is 2.77 bits per heavy atom. The Labute approximate surface area is 78.9 Å². The molecular weight excluding hydrogens is 168 g/mol. The van der Waals surface area contributed by atoms with Crippen LogP contribution in [-0.4, -0.2) is 48.2 Å². The Kier molecular flexibility index (Phi) is 3.69. The van der Waals surface area contributed by atoms with Gasteiger partial charge in [-0.05, 0) is 6.42 Å². The molecule has 1 fully saturated rings. The average molecular weight is 186 g/mol. The molecule has 2 atom stereocenters. The van der Waals surface area contributed by atoms with Crippen molar-refractivity contribution in [2.45, 2.75) is 31.9 Å². The van der Waals surface area contributed by atoms with Crippen molar-refractivity contribution in [3.8, 4) is 0 Å². The maximum Gasteiger partial charge on any atom is 0.222 e. The molecule has 0 saturated carbocycles. The molecule has 13 heavy (non-hydrogen) atoms. The largest absolute Gasteiger partial charge is 0.390 e. The number of hydrogen-bond donors (Lipinski definition) is 2. The first-order valence-electron chi connectivity index (χ1n) is 4.81. The number of carbonyl (C=O) groups is 1. The Hall–Kier alpha value is -0.610. The van der Waals surface area contributed by atoms with E-state index in [-0.39, 0.29) is 11.9 Å². The van der Waals surface area contributed by atoms with Gasteiger partial charge in [0.1, 0.15) is 0 Å². The van der Waals surface area contributed by atoms with Gasteiger partial charge in [-0.25, -0.2) is 0 Å². The zero-order valence-corrected chi connectivity index (χ0v) is 8.29. The first-order chi connectivity index (χ1) is 6.16. The van der Waals surface area contributed by atoms with Gasteiger partial charge in [0.05, 0.1) is 12.1 Å². The van der Waals surface area contributed by atoms with Crippen LogP contribution in [0.25, 0.3) is 0 Å². The highest BCUT2D eigenvalue weighted by atomic mass is 16.3. The fourth-order valence-corrected chi connectivity index (χ4v) is 1.62. The van der Waals surface area contributed by atoms with Crippen LogP contribution in [-0.2, 0) is 4.79 Å². The second-order valence-electron chi connectivity index (χ2n) is 3.55. The summed E-state index contributed by atoms with van der Waals surface area (Å²) in [5.41, 5.74) is 0. The van der Waals surface area contributed by atoms with Gasteiger partial charge in [-0.3, -0.25) is 4.79 Å². The molecular formula is C9H18N2O2. The molecule has 1 rings (SSSR count). The summed E-state index contributed by atoms with van der Waals surface area (Å²) in [5, 5.41) is 12.6. The minimum atomic E-state index is -0.411. The molecule has 4 nitrogen and oxygen atoms in total. The van der Waals surface area contributed by atoms with Crippen molar-refractivity contribution in [2.24, 2.45) is 0 Å². The van der Waals surface area contributed by atoms with Crippen molar-refractivity contribution in [2.75, 3.05) is 20.1 Å². The monoisotopic (exact) mass is 186 g/mol. The molecule has 0 aromatic heterocycles. The summed E-state index contributed by atoms with van der Waals surface area (Å²) in [6, 6.07) is -0.0425. The lowest BCUT2D eigenvalue weighted by molar-refractivity contribution is -0.133. The number of rotatable bonds is 3. The van der Waals surface area contributed by atoms with Crippen LogP contribution >= 0.6 is 0 Å². The Bertz CT molecular complexity index is 184. The van der Waals surface area contributed by atoms with Crippen LogP contribution in [0.3, 0.4) is 0 Å². The highest BCUT2D eigenvalue weighted by Crippen LogP contribution is 2.09. The third kappa shape index (κ3) is 2.42. The number of likely N-dealkylation sites (N-methyl/N-ethyl adjacent to an activating group) is 1. The van der Waals surface area contributed by atoms with Gasteiger partial charge in [-0.2, -0.15) is 0 Å². The van der Waals surface area contributed by atoms with Crippen molar-refractivity contribution in [3.63, 3.8) is 0 Å². The maximum absolute atomic E-state index is 11.5. The molecule has 2 N–H and O–H groups in total. The quantitative estimate of drug-likeness (QED) is 0.629. The van der Waals surface area contributed by atoms with Crippen LogP contribution in [0, 0.1) is 0 Å². The standard InChI is InChI=1S/C9H18N2O2/c1-3-4-9(13)11(2)7-5-10-6-8(7)12/h7-8,10,12H,3-6H2,1-2H3/t7-,8-/m1/s1. The molecule has 4 heteroatoms. The first kappa shape index (κ1) is 10.5. The number of aliphatic hydroxyl groups excluding tert-OH is 1. The van der Waals surface area contributed by atoms with Crippen LogP contribution in [0.1, 0.15) is 19.8 Å². The number of nitrogens with zero attached hydrogens (tertiary/aromatic N) is 1. The van der Waals surface area contributed by atoms with E-state index >= 15 is 0 Å². The van der Waals surface area contributed by atoms with E-state index in [0.717, 1.165) is 6.42 Å². The lowest BCUT2D eigenvalue weighted by Gasteiger charge is -2.26. The van der Waals surface area contributed by atoms with Gasteiger partial charge < -0.3 is 15.3 Å². The molecule has 0 radical (unpaired) electrons. The number of β-amino-alcohol motifs (C(OH)–C–C–N with tert-alkyl or cyclic N) is 1. The van der Waals surface area contributed by atoms with Crippen LogP contribution in [0.4, 0.5) is 0 Å². The number of hydrogen-bond acceptors (Lipinski definition) is 3. The molecule has 1 aliphatic rings. The highest BCUT2D eigenvalue weighted by Gasteiger charge is 2.30. The van der Waals surface area contributed by atoms with Crippen LogP contribution in [0.5, 0.6) is 0 Å². The van der Waals surface area contributed by atoms with Gasteiger partial charge in [-0.1, -0.05) is 6.92 Å². The molecule has 76 valence electrons. The summed E-state index contributed by atoms with van der Waals surface area (Å²) in [6.45, 7) is 3.27. The summed E-state index contributed by atoms with van der Waals surface area (Å²) in [7, 11) is 1.76. The molecule has 0 bridgehead atoms. The molecule has 1 amide bonds. The Morgan fingerprint density at radius 2 is 2.31 bits per heavy atom. The number of carbonyl (C=O) groups excluding carboxylic acids is 1. The van der Waals surface area contributed by atoms with Crippen molar-refractivity contribution in [3.05, 3.63) is 0 Å². The van der Waals surface area contributed by atoms with E-state index in [0.29, 0.717) is 19.5 Å². The first-order valence-corrected chi connectivity index (χ1v) is 4.81. The van der Waals surface area contributed by atoms with E-state index < -0.39 is 6.10 Å². The van der Waals surface area contributed by atoms with Gasteiger partial charge in [-0.15, -0.1) is 0 Å². The van der Waals surface area contributed by atoms with Crippen LogP contribution in [0.15, 0.2) is 0 Å². The SMILES string of the molecule is CCCC(=O)N(C)[C@@H]1CNC[C@H]1O. The summed E-state index contributed by atoms with van der Waals surface area (Å²) in [5.74, 6) is 0.121. The van der Waals surface area contributed by atoms with Gasteiger partial charge in [0.2, 0.25) is 5.91 Å².